The van der Waals surface area contributed by atoms with Crippen LogP contribution >= 0.6 is 0 Å². The van der Waals surface area contributed by atoms with Crippen molar-refractivity contribution in [1.82, 2.24) is 9.88 Å². The molecule has 0 saturated carbocycles. The number of alkyl halides is 1. The van der Waals surface area contributed by atoms with Gasteiger partial charge < -0.3 is 19.8 Å². The second kappa shape index (κ2) is 13.0. The molecule has 2 N–H and O–H groups in total. The molecule has 7 heteroatoms. The molecule has 0 bridgehead atoms. The molecule has 3 aromatic rings. The second-order valence-electron chi connectivity index (χ2n) is 10.1. The lowest BCUT2D eigenvalue weighted by atomic mass is 9.79. The van der Waals surface area contributed by atoms with E-state index in [4.69, 9.17) is 4.74 Å². The molecule has 2 heterocycles. The fourth-order valence-corrected chi connectivity index (χ4v) is 5.61. The van der Waals surface area contributed by atoms with E-state index in [1.165, 1.54) is 0 Å². The molecule has 2 aromatic carbocycles. The van der Waals surface area contributed by atoms with Gasteiger partial charge in [-0.15, -0.1) is 0 Å². The highest BCUT2D eigenvalue weighted by Crippen LogP contribution is 2.35. The minimum absolute atomic E-state index is 0.0167. The fourth-order valence-electron chi connectivity index (χ4n) is 5.61. The Morgan fingerprint density at radius 1 is 1.16 bits per heavy atom. The lowest BCUT2D eigenvalue weighted by molar-refractivity contribution is -0.139. The normalized spacial score (nSPS) is 20.0. The molecule has 4 atom stereocenters. The van der Waals surface area contributed by atoms with Crippen LogP contribution < -0.4 is 4.74 Å². The van der Waals surface area contributed by atoms with Crippen molar-refractivity contribution in [2.75, 3.05) is 26.7 Å². The summed E-state index contributed by atoms with van der Waals surface area (Å²) in [5.74, 6) is 0.161. The van der Waals surface area contributed by atoms with Gasteiger partial charge in [0.1, 0.15) is 11.9 Å². The van der Waals surface area contributed by atoms with Crippen LogP contribution in [0.25, 0.3) is 10.9 Å². The number of benzene rings is 2. The zero-order valence-corrected chi connectivity index (χ0v) is 21.4. The van der Waals surface area contributed by atoms with Gasteiger partial charge in [0.2, 0.25) is 0 Å². The quantitative estimate of drug-likeness (QED) is 0.314. The molecule has 198 valence electrons. The summed E-state index contributed by atoms with van der Waals surface area (Å²) in [7, 11) is 1.61. The molecule has 0 aliphatic carbocycles. The molecule has 1 fully saturated rings. The van der Waals surface area contributed by atoms with Crippen molar-refractivity contribution < 1.29 is 24.1 Å². The number of aliphatic hydroxyl groups excluding tert-OH is 1. The molecule has 6 nitrogen and oxygen atoms in total. The van der Waals surface area contributed by atoms with Crippen LogP contribution in [-0.2, 0) is 4.79 Å². The van der Waals surface area contributed by atoms with Crippen LogP contribution in [-0.4, -0.2) is 52.8 Å². The van der Waals surface area contributed by atoms with Crippen LogP contribution in [0.4, 0.5) is 4.39 Å². The van der Waals surface area contributed by atoms with Gasteiger partial charge in [0.25, 0.3) is 0 Å². The van der Waals surface area contributed by atoms with Gasteiger partial charge >= 0.3 is 5.97 Å². The highest BCUT2D eigenvalue weighted by atomic mass is 19.1. The molecular weight excluding hydrogens is 471 g/mol. The first-order valence-electron chi connectivity index (χ1n) is 13.2. The topological polar surface area (TPSA) is 82.9 Å². The zero-order chi connectivity index (χ0) is 26.2. The third-order valence-electron chi connectivity index (χ3n) is 7.66. The van der Waals surface area contributed by atoms with E-state index in [2.05, 4.69) is 9.88 Å². The fraction of sp³-hybridized carbons (Fsp3) is 0.467. The second-order valence-corrected chi connectivity index (χ2v) is 10.1. The Labute approximate surface area is 218 Å². The van der Waals surface area contributed by atoms with Gasteiger partial charge in [-0.05, 0) is 92.4 Å². The Balaban J connectivity index is 1.32. The Bertz CT molecular complexity index is 1160. The van der Waals surface area contributed by atoms with E-state index in [0.717, 1.165) is 48.8 Å². The summed E-state index contributed by atoms with van der Waals surface area (Å²) in [5, 5.41) is 21.5. The summed E-state index contributed by atoms with van der Waals surface area (Å²) in [6.07, 6.45) is 3.57. The summed E-state index contributed by atoms with van der Waals surface area (Å²) in [4.78, 5) is 18.3. The minimum Gasteiger partial charge on any atom is -0.497 e. The summed E-state index contributed by atoms with van der Waals surface area (Å²) < 4.78 is 19.9. The zero-order valence-electron chi connectivity index (χ0n) is 21.4. The number of aliphatic carboxylic acids is 1. The van der Waals surface area contributed by atoms with E-state index in [9.17, 15) is 19.4 Å². The van der Waals surface area contributed by atoms with Crippen molar-refractivity contribution in [3.05, 3.63) is 71.9 Å². The van der Waals surface area contributed by atoms with E-state index in [0.29, 0.717) is 30.7 Å². The number of halogens is 1. The van der Waals surface area contributed by atoms with Gasteiger partial charge in [-0.1, -0.05) is 30.3 Å². The van der Waals surface area contributed by atoms with Gasteiger partial charge in [-0.3, -0.25) is 9.78 Å². The average Bonchev–Trinajstić information content (AvgIpc) is 2.91. The third kappa shape index (κ3) is 7.27. The SMILES string of the molecule is COc1ccc2nccc([C@@H](O)CC[C@@H]3CCN(CCCC(F)c4ccccc4)C[C@@H]3CC(=O)O)c2c1. The van der Waals surface area contributed by atoms with Crippen LogP contribution in [0.5, 0.6) is 5.75 Å². The van der Waals surface area contributed by atoms with Gasteiger partial charge in [-0.25, -0.2) is 4.39 Å². The molecule has 1 aliphatic rings. The van der Waals surface area contributed by atoms with Crippen molar-refractivity contribution >= 4 is 16.9 Å². The largest absolute Gasteiger partial charge is 0.497 e. The van der Waals surface area contributed by atoms with Crippen LogP contribution in [0, 0.1) is 11.8 Å². The number of nitrogens with zero attached hydrogens (tertiary/aromatic N) is 2. The van der Waals surface area contributed by atoms with E-state index in [1.54, 1.807) is 13.3 Å². The van der Waals surface area contributed by atoms with Crippen molar-refractivity contribution in [2.45, 2.75) is 50.8 Å². The number of carbonyl (C=O) groups is 1. The van der Waals surface area contributed by atoms with Gasteiger partial charge in [0.15, 0.2) is 0 Å². The van der Waals surface area contributed by atoms with Crippen molar-refractivity contribution in [2.24, 2.45) is 11.8 Å². The molecule has 1 aliphatic heterocycles. The number of fused-ring (bicyclic) bond motifs is 1. The predicted molar refractivity (Wildman–Crippen MR) is 142 cm³/mol. The standard InChI is InChI=1S/C30H37FN2O4/c1-37-24-10-11-28-26(19-24)25(13-15-32-28)29(34)12-9-21-14-17-33(20-23(21)18-30(35)36)16-5-8-27(31)22-6-3-2-4-7-22/h2-4,6-7,10-11,13,15,19,21,23,27,29,34H,5,8-9,12,14,16-18,20H2,1H3,(H,35,36)/t21-,23+,27?,29+/m1/s1. The van der Waals surface area contributed by atoms with Crippen LogP contribution in [0.2, 0.25) is 0 Å². The molecular formula is C30H37FN2O4. The number of carboxylic acid groups (broad SMARTS) is 1. The Hall–Kier alpha value is -3.03. The van der Waals surface area contributed by atoms with Gasteiger partial charge in [-0.2, -0.15) is 0 Å². The Morgan fingerprint density at radius 3 is 2.73 bits per heavy atom. The number of pyridine rings is 1. The highest BCUT2D eigenvalue weighted by molar-refractivity contribution is 5.83. The van der Waals surface area contributed by atoms with Gasteiger partial charge in [0.05, 0.1) is 18.7 Å². The van der Waals surface area contributed by atoms with E-state index >= 15 is 0 Å². The first-order valence-corrected chi connectivity index (χ1v) is 13.2. The van der Waals surface area contributed by atoms with E-state index < -0.39 is 18.2 Å². The lowest BCUT2D eigenvalue weighted by Gasteiger charge is -2.38. The Kier molecular flexibility index (Phi) is 9.47. The summed E-state index contributed by atoms with van der Waals surface area (Å²) in [6.45, 7) is 2.34. The average molecular weight is 509 g/mol. The molecule has 4 rings (SSSR count). The van der Waals surface area contributed by atoms with E-state index in [-0.39, 0.29) is 18.3 Å². The first kappa shape index (κ1) is 27.0. The number of aliphatic hydroxyl groups is 1. The number of hydrogen-bond acceptors (Lipinski definition) is 5. The highest BCUT2D eigenvalue weighted by Gasteiger charge is 2.31. The number of ether oxygens (including phenoxy) is 1. The molecule has 1 aromatic heterocycles. The molecule has 0 radical (unpaired) electrons. The van der Waals surface area contributed by atoms with Crippen LogP contribution in [0.3, 0.4) is 0 Å². The number of piperidine rings is 1. The summed E-state index contributed by atoms with van der Waals surface area (Å²) >= 11 is 0. The smallest absolute Gasteiger partial charge is 0.303 e. The Morgan fingerprint density at radius 2 is 1.97 bits per heavy atom. The van der Waals surface area contributed by atoms with Crippen molar-refractivity contribution in [1.29, 1.82) is 0 Å². The number of likely N-dealkylation sites (tertiary alicyclic amines) is 1. The maximum Gasteiger partial charge on any atom is 0.303 e. The van der Waals surface area contributed by atoms with Crippen molar-refractivity contribution in [3.63, 3.8) is 0 Å². The predicted octanol–water partition coefficient (Wildman–Crippen LogP) is 5.96. The number of carboxylic acids is 1. The van der Waals surface area contributed by atoms with Crippen LogP contribution in [0.1, 0.15) is 61.9 Å². The number of aromatic nitrogens is 1. The number of hydrogen-bond donors (Lipinski definition) is 2. The van der Waals surface area contributed by atoms with Crippen LogP contribution in [0.15, 0.2) is 60.8 Å². The number of methoxy groups -OCH3 is 1. The molecule has 1 saturated heterocycles. The monoisotopic (exact) mass is 508 g/mol. The molecule has 37 heavy (non-hydrogen) atoms. The van der Waals surface area contributed by atoms with Gasteiger partial charge in [0, 0.05) is 24.5 Å². The lowest BCUT2D eigenvalue weighted by Crippen LogP contribution is -2.41. The first-order chi connectivity index (χ1) is 17.9. The van der Waals surface area contributed by atoms with E-state index in [1.807, 2.05) is 54.6 Å². The number of rotatable bonds is 12. The summed E-state index contributed by atoms with van der Waals surface area (Å²) in [6, 6.07) is 16.7. The maximum atomic E-state index is 14.5. The maximum absolute atomic E-state index is 14.5. The molecule has 0 amide bonds. The third-order valence-corrected chi connectivity index (χ3v) is 7.66. The van der Waals surface area contributed by atoms with Crippen molar-refractivity contribution in [3.8, 4) is 5.75 Å². The summed E-state index contributed by atoms with van der Waals surface area (Å²) in [5.41, 5.74) is 2.33. The molecule has 1 unspecified atom stereocenters. The molecule has 0 spiro atoms. The minimum atomic E-state index is -0.973.